The van der Waals surface area contributed by atoms with E-state index in [1.807, 2.05) is 0 Å². The van der Waals surface area contributed by atoms with Gasteiger partial charge in [-0.15, -0.1) is 0 Å². The van der Waals surface area contributed by atoms with Crippen molar-refractivity contribution in [3.8, 4) is 0 Å². The average Bonchev–Trinajstić information content (AvgIpc) is 2.34. The first-order chi connectivity index (χ1) is 8.47. The van der Waals surface area contributed by atoms with Crippen molar-refractivity contribution in [3.63, 3.8) is 0 Å². The Kier molecular flexibility index (Phi) is 5.13. The van der Waals surface area contributed by atoms with E-state index < -0.39 is 5.82 Å². The number of nitrogens with one attached hydrogen (secondary N) is 1. The Morgan fingerprint density at radius 2 is 2.11 bits per heavy atom. The SMILES string of the molecule is CNc1c(F)cccc1C(=O)N(C)CCC(C)C. The summed E-state index contributed by atoms with van der Waals surface area (Å²) in [7, 11) is 3.36. The van der Waals surface area contributed by atoms with Crippen LogP contribution >= 0.6 is 0 Å². The number of hydrogen-bond donors (Lipinski definition) is 1. The van der Waals surface area contributed by atoms with Crippen molar-refractivity contribution in [2.24, 2.45) is 5.92 Å². The van der Waals surface area contributed by atoms with Crippen molar-refractivity contribution < 1.29 is 9.18 Å². The third-order valence-electron chi connectivity index (χ3n) is 2.88. The van der Waals surface area contributed by atoms with E-state index in [-0.39, 0.29) is 11.6 Å². The summed E-state index contributed by atoms with van der Waals surface area (Å²) in [6.07, 6.45) is 0.937. The van der Waals surface area contributed by atoms with Crippen molar-refractivity contribution >= 4 is 11.6 Å². The lowest BCUT2D eigenvalue weighted by Gasteiger charge is -2.20. The molecular weight excluding hydrogens is 231 g/mol. The lowest BCUT2D eigenvalue weighted by molar-refractivity contribution is 0.0789. The van der Waals surface area contributed by atoms with Crippen LogP contribution in [-0.2, 0) is 0 Å². The minimum Gasteiger partial charge on any atom is -0.385 e. The molecule has 100 valence electrons. The van der Waals surface area contributed by atoms with Crippen LogP contribution in [0.3, 0.4) is 0 Å². The van der Waals surface area contributed by atoms with Gasteiger partial charge in [-0.1, -0.05) is 19.9 Å². The first-order valence-electron chi connectivity index (χ1n) is 6.19. The highest BCUT2D eigenvalue weighted by Crippen LogP contribution is 2.20. The van der Waals surface area contributed by atoms with Crippen molar-refractivity contribution in [2.45, 2.75) is 20.3 Å². The predicted octanol–water partition coefficient (Wildman–Crippen LogP) is 2.99. The summed E-state index contributed by atoms with van der Waals surface area (Å²) < 4.78 is 13.6. The molecule has 0 aliphatic carbocycles. The normalized spacial score (nSPS) is 10.6. The molecule has 1 aromatic rings. The van der Waals surface area contributed by atoms with Crippen molar-refractivity contribution in [2.75, 3.05) is 26.0 Å². The van der Waals surface area contributed by atoms with Gasteiger partial charge in [0.1, 0.15) is 5.82 Å². The Labute approximate surface area is 108 Å². The third kappa shape index (κ3) is 3.45. The summed E-state index contributed by atoms with van der Waals surface area (Å²) >= 11 is 0. The number of para-hydroxylation sites is 1. The third-order valence-corrected chi connectivity index (χ3v) is 2.88. The van der Waals surface area contributed by atoms with Gasteiger partial charge in [0.15, 0.2) is 0 Å². The van der Waals surface area contributed by atoms with Crippen LogP contribution in [0.1, 0.15) is 30.6 Å². The van der Waals surface area contributed by atoms with Gasteiger partial charge in [0.05, 0.1) is 11.3 Å². The van der Waals surface area contributed by atoms with E-state index in [0.29, 0.717) is 18.0 Å². The maximum Gasteiger partial charge on any atom is 0.255 e. The van der Waals surface area contributed by atoms with Gasteiger partial charge in [-0.2, -0.15) is 0 Å². The zero-order valence-electron chi connectivity index (χ0n) is 11.5. The zero-order chi connectivity index (χ0) is 13.7. The van der Waals surface area contributed by atoms with Crippen LogP contribution in [0.2, 0.25) is 0 Å². The topological polar surface area (TPSA) is 32.3 Å². The van der Waals surface area contributed by atoms with Crippen LogP contribution in [0.25, 0.3) is 0 Å². The summed E-state index contributed by atoms with van der Waals surface area (Å²) in [6.45, 7) is 4.90. The number of carbonyl (C=O) groups is 1. The van der Waals surface area contributed by atoms with Gasteiger partial charge >= 0.3 is 0 Å². The van der Waals surface area contributed by atoms with Gasteiger partial charge in [0.2, 0.25) is 0 Å². The molecule has 4 heteroatoms. The molecule has 0 fully saturated rings. The van der Waals surface area contributed by atoms with Crippen LogP contribution < -0.4 is 5.32 Å². The fourth-order valence-corrected chi connectivity index (χ4v) is 1.72. The Morgan fingerprint density at radius 1 is 1.44 bits per heavy atom. The first-order valence-corrected chi connectivity index (χ1v) is 6.19. The van der Waals surface area contributed by atoms with Crippen molar-refractivity contribution in [3.05, 3.63) is 29.6 Å². The number of rotatable bonds is 5. The summed E-state index contributed by atoms with van der Waals surface area (Å²) in [5, 5.41) is 2.74. The molecule has 0 aromatic heterocycles. The highest BCUT2D eigenvalue weighted by molar-refractivity contribution is 5.99. The summed E-state index contributed by atoms with van der Waals surface area (Å²) in [5.74, 6) is -0.0170. The molecule has 0 saturated heterocycles. The van der Waals surface area contributed by atoms with Crippen LogP contribution in [0.4, 0.5) is 10.1 Å². The molecule has 1 amide bonds. The maximum absolute atomic E-state index is 13.6. The van der Waals surface area contributed by atoms with Crippen LogP contribution in [0.5, 0.6) is 0 Å². The first kappa shape index (κ1) is 14.5. The molecule has 0 heterocycles. The standard InChI is InChI=1S/C14H21FN2O/c1-10(2)8-9-17(4)14(18)11-6-5-7-12(15)13(11)16-3/h5-7,10,16H,8-9H2,1-4H3. The average molecular weight is 252 g/mol. The van der Waals surface area contributed by atoms with Crippen molar-refractivity contribution in [1.29, 1.82) is 0 Å². The Morgan fingerprint density at radius 3 is 2.67 bits per heavy atom. The summed E-state index contributed by atoms with van der Waals surface area (Å²) in [6, 6.07) is 4.54. The Hall–Kier alpha value is -1.58. The lowest BCUT2D eigenvalue weighted by atomic mass is 10.1. The second-order valence-corrected chi connectivity index (χ2v) is 4.82. The fraction of sp³-hybridized carbons (Fsp3) is 0.500. The van der Waals surface area contributed by atoms with Crippen LogP contribution in [0, 0.1) is 11.7 Å². The quantitative estimate of drug-likeness (QED) is 0.873. The minimum absolute atomic E-state index is 0.153. The number of carbonyl (C=O) groups excluding carboxylic acids is 1. The molecule has 0 aliphatic heterocycles. The van der Waals surface area contributed by atoms with E-state index in [2.05, 4.69) is 19.2 Å². The van der Waals surface area contributed by atoms with E-state index in [9.17, 15) is 9.18 Å². The lowest BCUT2D eigenvalue weighted by Crippen LogP contribution is -2.29. The largest absolute Gasteiger partial charge is 0.385 e. The predicted molar refractivity (Wildman–Crippen MR) is 72.4 cm³/mol. The summed E-state index contributed by atoms with van der Waals surface area (Å²) in [5.41, 5.74) is 0.641. The van der Waals surface area contributed by atoms with E-state index in [1.165, 1.54) is 6.07 Å². The minimum atomic E-state index is -0.402. The second kappa shape index (κ2) is 6.38. The number of anilines is 1. The van der Waals surface area contributed by atoms with E-state index in [0.717, 1.165) is 6.42 Å². The van der Waals surface area contributed by atoms with E-state index in [1.54, 1.807) is 31.1 Å². The van der Waals surface area contributed by atoms with E-state index >= 15 is 0 Å². The molecular formula is C14H21FN2O. The molecule has 1 rings (SSSR count). The molecule has 1 aromatic carbocycles. The highest BCUT2D eigenvalue weighted by Gasteiger charge is 2.17. The molecule has 0 atom stereocenters. The molecule has 3 nitrogen and oxygen atoms in total. The van der Waals surface area contributed by atoms with Gasteiger partial charge < -0.3 is 10.2 Å². The molecule has 0 aliphatic rings. The zero-order valence-corrected chi connectivity index (χ0v) is 11.5. The molecule has 18 heavy (non-hydrogen) atoms. The highest BCUT2D eigenvalue weighted by atomic mass is 19.1. The number of benzene rings is 1. The Balaban J connectivity index is 2.86. The van der Waals surface area contributed by atoms with Gasteiger partial charge in [0.25, 0.3) is 5.91 Å². The molecule has 0 spiro atoms. The molecule has 0 radical (unpaired) electrons. The summed E-state index contributed by atoms with van der Waals surface area (Å²) in [4.78, 5) is 13.8. The molecule has 1 N–H and O–H groups in total. The fourth-order valence-electron chi connectivity index (χ4n) is 1.72. The van der Waals surface area contributed by atoms with Crippen LogP contribution in [0.15, 0.2) is 18.2 Å². The van der Waals surface area contributed by atoms with Gasteiger partial charge in [-0.3, -0.25) is 4.79 Å². The molecule has 0 saturated carbocycles. The maximum atomic E-state index is 13.6. The van der Waals surface area contributed by atoms with E-state index in [4.69, 9.17) is 0 Å². The monoisotopic (exact) mass is 252 g/mol. The Bertz CT molecular complexity index is 418. The smallest absolute Gasteiger partial charge is 0.255 e. The number of amides is 1. The van der Waals surface area contributed by atoms with Crippen LogP contribution in [-0.4, -0.2) is 31.4 Å². The number of hydrogen-bond acceptors (Lipinski definition) is 2. The molecule has 0 unspecified atom stereocenters. The molecule has 0 bridgehead atoms. The second-order valence-electron chi connectivity index (χ2n) is 4.82. The van der Waals surface area contributed by atoms with Crippen molar-refractivity contribution in [1.82, 2.24) is 4.90 Å². The van der Waals surface area contributed by atoms with Gasteiger partial charge in [0, 0.05) is 20.6 Å². The van der Waals surface area contributed by atoms with Gasteiger partial charge in [-0.05, 0) is 24.5 Å². The van der Waals surface area contributed by atoms with Gasteiger partial charge in [-0.25, -0.2) is 4.39 Å². The number of nitrogens with zero attached hydrogens (tertiary/aromatic N) is 1. The number of halogens is 1.